The topological polar surface area (TPSA) is 75.3 Å². The fraction of sp³-hybridized carbons (Fsp3) is 0.600. The molecule has 0 spiro atoms. The van der Waals surface area contributed by atoms with E-state index in [9.17, 15) is 0 Å². The number of rotatable bonds is 6. The maximum Gasteiger partial charge on any atom is 0.228 e. The Labute approximate surface area is 104 Å². The van der Waals surface area contributed by atoms with Crippen LogP contribution in [0.1, 0.15) is 19.3 Å². The summed E-state index contributed by atoms with van der Waals surface area (Å²) in [6, 6.07) is 1.67. The molecule has 16 heavy (non-hydrogen) atoms. The van der Waals surface area contributed by atoms with Crippen molar-refractivity contribution in [1.29, 1.82) is 0 Å². The van der Waals surface area contributed by atoms with Crippen LogP contribution >= 0.6 is 15.9 Å². The van der Waals surface area contributed by atoms with Crippen LogP contribution < -0.4 is 10.6 Å². The third kappa shape index (κ3) is 4.32. The van der Waals surface area contributed by atoms with E-state index in [0.29, 0.717) is 16.4 Å². The molecule has 0 aliphatic rings. The summed E-state index contributed by atoms with van der Waals surface area (Å²) in [7, 11) is 1.93. The van der Waals surface area contributed by atoms with E-state index >= 15 is 0 Å². The Morgan fingerprint density at radius 1 is 1.38 bits per heavy atom. The number of halogens is 1. The molecule has 6 heteroatoms. The van der Waals surface area contributed by atoms with Gasteiger partial charge >= 0.3 is 0 Å². The average molecular weight is 289 g/mol. The quantitative estimate of drug-likeness (QED) is 0.612. The standard InChI is InChI=1S/C10H17BrN4O/c1-15(5-3-2-4-6-16)10-13-8(11)7-9(12)14-10/h7,16H,2-6H2,1H3,(H2,12,13,14). The molecule has 0 radical (unpaired) electrons. The summed E-state index contributed by atoms with van der Waals surface area (Å²) in [5, 5.41) is 8.66. The minimum Gasteiger partial charge on any atom is -0.396 e. The van der Waals surface area contributed by atoms with Crippen LogP contribution in [0.25, 0.3) is 0 Å². The van der Waals surface area contributed by atoms with Gasteiger partial charge in [-0.25, -0.2) is 4.98 Å². The smallest absolute Gasteiger partial charge is 0.228 e. The molecule has 0 fully saturated rings. The fourth-order valence-electron chi connectivity index (χ4n) is 1.33. The predicted molar refractivity (Wildman–Crippen MR) is 68.4 cm³/mol. The van der Waals surface area contributed by atoms with Crippen molar-refractivity contribution >= 4 is 27.7 Å². The molecule has 0 aliphatic heterocycles. The summed E-state index contributed by atoms with van der Waals surface area (Å²) >= 11 is 3.28. The van der Waals surface area contributed by atoms with Gasteiger partial charge in [0.25, 0.3) is 0 Å². The third-order valence-electron chi connectivity index (χ3n) is 2.20. The zero-order valence-corrected chi connectivity index (χ0v) is 10.9. The molecule has 0 aromatic carbocycles. The summed E-state index contributed by atoms with van der Waals surface area (Å²) in [5.74, 6) is 1.08. The summed E-state index contributed by atoms with van der Waals surface area (Å²) in [6.45, 7) is 1.11. The lowest BCUT2D eigenvalue weighted by Gasteiger charge is -2.17. The van der Waals surface area contributed by atoms with E-state index in [4.69, 9.17) is 10.8 Å². The molecule has 1 heterocycles. The van der Waals surface area contributed by atoms with E-state index in [1.54, 1.807) is 6.07 Å². The Balaban J connectivity index is 2.48. The van der Waals surface area contributed by atoms with Crippen molar-refractivity contribution in [1.82, 2.24) is 9.97 Å². The van der Waals surface area contributed by atoms with Gasteiger partial charge in [-0.1, -0.05) is 0 Å². The van der Waals surface area contributed by atoms with E-state index < -0.39 is 0 Å². The van der Waals surface area contributed by atoms with Crippen LogP contribution in [0.2, 0.25) is 0 Å². The SMILES string of the molecule is CN(CCCCCO)c1nc(N)cc(Br)n1. The number of nitrogen functional groups attached to an aromatic ring is 1. The molecule has 1 aromatic rings. The minimum absolute atomic E-state index is 0.254. The molecular weight excluding hydrogens is 272 g/mol. The number of hydrogen-bond donors (Lipinski definition) is 2. The summed E-state index contributed by atoms with van der Waals surface area (Å²) in [5.41, 5.74) is 5.63. The second kappa shape index (κ2) is 6.65. The monoisotopic (exact) mass is 288 g/mol. The lowest BCUT2D eigenvalue weighted by molar-refractivity contribution is 0.283. The lowest BCUT2D eigenvalue weighted by Crippen LogP contribution is -2.21. The first-order chi connectivity index (χ1) is 7.63. The van der Waals surface area contributed by atoms with Crippen LogP contribution in [0.5, 0.6) is 0 Å². The highest BCUT2D eigenvalue weighted by Crippen LogP contribution is 2.15. The van der Waals surface area contributed by atoms with Gasteiger partial charge in [0.15, 0.2) is 0 Å². The number of nitrogens with zero attached hydrogens (tertiary/aromatic N) is 3. The van der Waals surface area contributed by atoms with Gasteiger partial charge in [0.1, 0.15) is 10.4 Å². The molecule has 0 amide bonds. The Kier molecular flexibility index (Phi) is 5.48. The van der Waals surface area contributed by atoms with Crippen molar-refractivity contribution in [3.63, 3.8) is 0 Å². The van der Waals surface area contributed by atoms with Crippen molar-refractivity contribution in [2.75, 3.05) is 30.8 Å². The molecule has 0 aliphatic carbocycles. The van der Waals surface area contributed by atoms with E-state index in [0.717, 1.165) is 25.8 Å². The van der Waals surface area contributed by atoms with E-state index in [2.05, 4.69) is 25.9 Å². The van der Waals surface area contributed by atoms with Crippen molar-refractivity contribution in [2.24, 2.45) is 0 Å². The van der Waals surface area contributed by atoms with Crippen LogP contribution in [0.3, 0.4) is 0 Å². The summed E-state index contributed by atoms with van der Waals surface area (Å²) < 4.78 is 0.692. The summed E-state index contributed by atoms with van der Waals surface area (Å²) in [4.78, 5) is 10.3. The van der Waals surface area contributed by atoms with Crippen LogP contribution in [-0.4, -0.2) is 35.3 Å². The van der Waals surface area contributed by atoms with E-state index in [-0.39, 0.29) is 6.61 Å². The molecule has 1 rings (SSSR count). The Morgan fingerprint density at radius 2 is 2.12 bits per heavy atom. The maximum absolute atomic E-state index is 8.66. The van der Waals surface area contributed by atoms with Gasteiger partial charge in [-0.2, -0.15) is 4.98 Å². The van der Waals surface area contributed by atoms with Crippen molar-refractivity contribution in [2.45, 2.75) is 19.3 Å². The number of aromatic nitrogens is 2. The molecular formula is C10H17BrN4O. The molecule has 1 aromatic heterocycles. The van der Waals surface area contributed by atoms with Gasteiger partial charge in [-0.15, -0.1) is 0 Å². The van der Waals surface area contributed by atoms with Gasteiger partial charge in [0, 0.05) is 26.3 Å². The summed E-state index contributed by atoms with van der Waals surface area (Å²) in [6.07, 6.45) is 2.85. The highest BCUT2D eigenvalue weighted by Gasteiger charge is 2.06. The molecule has 90 valence electrons. The first kappa shape index (κ1) is 13.2. The van der Waals surface area contributed by atoms with Crippen molar-refractivity contribution in [3.8, 4) is 0 Å². The van der Waals surface area contributed by atoms with Gasteiger partial charge in [-0.3, -0.25) is 0 Å². The van der Waals surface area contributed by atoms with Crippen LogP contribution in [0.4, 0.5) is 11.8 Å². The fourth-order valence-corrected chi connectivity index (χ4v) is 1.72. The van der Waals surface area contributed by atoms with Crippen LogP contribution in [0.15, 0.2) is 10.7 Å². The zero-order valence-electron chi connectivity index (χ0n) is 9.36. The number of aliphatic hydroxyl groups is 1. The Bertz CT molecular complexity index is 314. The van der Waals surface area contributed by atoms with Gasteiger partial charge in [0.2, 0.25) is 5.95 Å². The molecule has 0 bridgehead atoms. The lowest BCUT2D eigenvalue weighted by atomic mass is 10.2. The zero-order chi connectivity index (χ0) is 12.0. The molecule has 0 saturated heterocycles. The van der Waals surface area contributed by atoms with E-state index in [1.807, 2.05) is 11.9 Å². The first-order valence-electron chi connectivity index (χ1n) is 5.25. The number of hydrogen-bond acceptors (Lipinski definition) is 5. The first-order valence-corrected chi connectivity index (χ1v) is 6.05. The van der Waals surface area contributed by atoms with Crippen molar-refractivity contribution < 1.29 is 5.11 Å². The molecule has 0 unspecified atom stereocenters. The predicted octanol–water partition coefficient (Wildman–Crippen LogP) is 1.42. The molecule has 0 saturated carbocycles. The Hall–Kier alpha value is -0.880. The number of nitrogens with two attached hydrogens (primary N) is 1. The van der Waals surface area contributed by atoms with Crippen LogP contribution in [0, 0.1) is 0 Å². The van der Waals surface area contributed by atoms with Gasteiger partial charge in [0.05, 0.1) is 0 Å². The molecule has 3 N–H and O–H groups in total. The molecule has 0 atom stereocenters. The normalized spacial score (nSPS) is 10.4. The number of unbranched alkanes of at least 4 members (excludes halogenated alkanes) is 2. The molecule has 5 nitrogen and oxygen atoms in total. The second-order valence-corrected chi connectivity index (χ2v) is 4.43. The third-order valence-corrected chi connectivity index (χ3v) is 2.60. The highest BCUT2D eigenvalue weighted by molar-refractivity contribution is 9.10. The minimum atomic E-state index is 0.254. The van der Waals surface area contributed by atoms with Crippen LogP contribution in [-0.2, 0) is 0 Å². The average Bonchev–Trinajstić information content (AvgIpc) is 2.22. The number of aliphatic hydroxyl groups excluding tert-OH is 1. The second-order valence-electron chi connectivity index (χ2n) is 3.62. The largest absolute Gasteiger partial charge is 0.396 e. The van der Waals surface area contributed by atoms with Gasteiger partial charge in [-0.05, 0) is 35.2 Å². The highest BCUT2D eigenvalue weighted by atomic mass is 79.9. The van der Waals surface area contributed by atoms with Crippen molar-refractivity contribution in [3.05, 3.63) is 10.7 Å². The van der Waals surface area contributed by atoms with E-state index in [1.165, 1.54) is 0 Å². The van der Waals surface area contributed by atoms with Gasteiger partial charge < -0.3 is 15.7 Å². The maximum atomic E-state index is 8.66. The Morgan fingerprint density at radius 3 is 2.75 bits per heavy atom. The number of anilines is 2.